The normalized spacial score (nSPS) is 10.5. The predicted molar refractivity (Wildman–Crippen MR) is 91.6 cm³/mol. The minimum absolute atomic E-state index is 0.0255. The summed E-state index contributed by atoms with van der Waals surface area (Å²) < 4.78 is 5.49. The van der Waals surface area contributed by atoms with Gasteiger partial charge in [0.15, 0.2) is 0 Å². The smallest absolute Gasteiger partial charge is 0.269 e. The summed E-state index contributed by atoms with van der Waals surface area (Å²) in [6.45, 7) is 2.75. The van der Waals surface area contributed by atoms with E-state index in [-0.39, 0.29) is 11.6 Å². The number of carbonyl (C=O) groups excluding carboxylic acids is 1. The van der Waals surface area contributed by atoms with Gasteiger partial charge in [0.05, 0.1) is 11.5 Å². The Morgan fingerprint density at radius 1 is 1.21 bits per heavy atom. The Labute approximate surface area is 139 Å². The maximum Gasteiger partial charge on any atom is 0.269 e. The minimum Gasteiger partial charge on any atom is -0.493 e. The number of amides is 1. The number of nitro benzene ring substituents is 1. The highest BCUT2D eigenvalue weighted by Crippen LogP contribution is 2.19. The number of benzene rings is 2. The van der Waals surface area contributed by atoms with E-state index in [1.54, 1.807) is 18.2 Å². The van der Waals surface area contributed by atoms with Crippen LogP contribution in [0, 0.1) is 10.1 Å². The molecular weight excluding hydrogens is 308 g/mol. The molecule has 1 amide bonds. The molecule has 0 fully saturated rings. The molecule has 24 heavy (non-hydrogen) atoms. The molecule has 0 heterocycles. The fourth-order valence-corrected chi connectivity index (χ4v) is 2.05. The summed E-state index contributed by atoms with van der Waals surface area (Å²) in [5.74, 6) is 0.471. The number of nitrogens with zero attached hydrogens (tertiary/aromatic N) is 1. The zero-order valence-electron chi connectivity index (χ0n) is 13.3. The van der Waals surface area contributed by atoms with Crippen molar-refractivity contribution in [1.29, 1.82) is 0 Å². The molecule has 0 aromatic heterocycles. The van der Waals surface area contributed by atoms with E-state index in [0.29, 0.717) is 13.2 Å². The molecule has 0 atom stereocenters. The van der Waals surface area contributed by atoms with Crippen molar-refractivity contribution in [3.05, 3.63) is 75.8 Å². The second-order valence-corrected chi connectivity index (χ2v) is 4.95. The molecule has 1 N–H and O–H groups in total. The van der Waals surface area contributed by atoms with E-state index >= 15 is 0 Å². The van der Waals surface area contributed by atoms with Crippen molar-refractivity contribution in [3.8, 4) is 5.75 Å². The number of rotatable bonds is 7. The van der Waals surface area contributed by atoms with Gasteiger partial charge >= 0.3 is 0 Å². The second-order valence-electron chi connectivity index (χ2n) is 4.95. The number of nitrogens with one attached hydrogen (secondary N) is 1. The lowest BCUT2D eigenvalue weighted by Crippen LogP contribution is -2.20. The molecule has 6 nitrogen and oxygen atoms in total. The van der Waals surface area contributed by atoms with Gasteiger partial charge in [0.1, 0.15) is 5.75 Å². The zero-order valence-corrected chi connectivity index (χ0v) is 13.3. The van der Waals surface area contributed by atoms with E-state index < -0.39 is 4.92 Å². The molecular formula is C18H18N2O4. The minimum atomic E-state index is -0.457. The first-order valence-electron chi connectivity index (χ1n) is 7.51. The molecule has 2 aromatic rings. The summed E-state index contributed by atoms with van der Waals surface area (Å²) in [6.07, 6.45) is 3.12. The Balaban J connectivity index is 1.92. The van der Waals surface area contributed by atoms with Gasteiger partial charge in [0.2, 0.25) is 5.91 Å². The van der Waals surface area contributed by atoms with Crippen molar-refractivity contribution >= 4 is 17.7 Å². The summed E-state index contributed by atoms with van der Waals surface area (Å²) in [7, 11) is 0. The van der Waals surface area contributed by atoms with Crippen LogP contribution in [0.5, 0.6) is 5.75 Å². The van der Waals surface area contributed by atoms with E-state index in [9.17, 15) is 14.9 Å². The summed E-state index contributed by atoms with van der Waals surface area (Å²) in [5.41, 5.74) is 1.64. The van der Waals surface area contributed by atoms with Crippen molar-refractivity contribution in [3.63, 3.8) is 0 Å². The molecule has 0 spiro atoms. The first kappa shape index (κ1) is 17.2. The number of hydrogen-bond donors (Lipinski definition) is 1. The SMILES string of the molecule is CCOc1ccccc1/C=C/C(=O)NCc1ccc([N+](=O)[O-])cc1. The van der Waals surface area contributed by atoms with Gasteiger partial charge in [0, 0.05) is 30.3 Å². The average molecular weight is 326 g/mol. The number of hydrogen-bond acceptors (Lipinski definition) is 4. The van der Waals surface area contributed by atoms with Crippen LogP contribution >= 0.6 is 0 Å². The Kier molecular flexibility index (Phi) is 6.08. The van der Waals surface area contributed by atoms with Gasteiger partial charge in [-0.3, -0.25) is 14.9 Å². The van der Waals surface area contributed by atoms with Gasteiger partial charge in [-0.25, -0.2) is 0 Å². The maximum atomic E-state index is 11.9. The van der Waals surface area contributed by atoms with Crippen molar-refractivity contribution in [2.24, 2.45) is 0 Å². The Morgan fingerprint density at radius 3 is 2.58 bits per heavy atom. The third kappa shape index (κ3) is 4.95. The topological polar surface area (TPSA) is 81.5 Å². The molecule has 0 bridgehead atoms. The third-order valence-corrected chi connectivity index (χ3v) is 3.25. The zero-order chi connectivity index (χ0) is 17.4. The van der Waals surface area contributed by atoms with Crippen LogP contribution in [0.3, 0.4) is 0 Å². The van der Waals surface area contributed by atoms with Crippen LogP contribution in [0.4, 0.5) is 5.69 Å². The van der Waals surface area contributed by atoms with Crippen LogP contribution in [0.25, 0.3) is 6.08 Å². The number of ether oxygens (including phenoxy) is 1. The predicted octanol–water partition coefficient (Wildman–Crippen LogP) is 3.32. The van der Waals surface area contributed by atoms with Crippen LogP contribution in [0.15, 0.2) is 54.6 Å². The lowest BCUT2D eigenvalue weighted by Gasteiger charge is -2.06. The van der Waals surface area contributed by atoms with Crippen LogP contribution in [0.2, 0.25) is 0 Å². The summed E-state index contributed by atoms with van der Waals surface area (Å²) in [5, 5.41) is 13.3. The molecule has 2 aromatic carbocycles. The number of non-ortho nitro benzene ring substituents is 1. The summed E-state index contributed by atoms with van der Waals surface area (Å²) >= 11 is 0. The molecule has 0 saturated heterocycles. The van der Waals surface area contributed by atoms with Crippen LogP contribution in [-0.2, 0) is 11.3 Å². The van der Waals surface area contributed by atoms with E-state index in [0.717, 1.165) is 16.9 Å². The first-order valence-corrected chi connectivity index (χ1v) is 7.51. The fraction of sp³-hybridized carbons (Fsp3) is 0.167. The lowest BCUT2D eigenvalue weighted by atomic mass is 10.2. The van der Waals surface area contributed by atoms with E-state index in [1.807, 2.05) is 31.2 Å². The molecule has 0 aliphatic rings. The standard InChI is InChI=1S/C18H18N2O4/c1-2-24-17-6-4-3-5-15(17)9-12-18(21)19-13-14-7-10-16(11-8-14)20(22)23/h3-12H,2,13H2,1H3,(H,19,21)/b12-9+. The van der Waals surface area contributed by atoms with Crippen molar-refractivity contribution < 1.29 is 14.5 Å². The Hall–Kier alpha value is -3.15. The van der Waals surface area contributed by atoms with E-state index in [2.05, 4.69) is 5.32 Å². The quantitative estimate of drug-likeness (QED) is 0.481. The van der Waals surface area contributed by atoms with Crippen LogP contribution in [0.1, 0.15) is 18.1 Å². The molecule has 0 unspecified atom stereocenters. The largest absolute Gasteiger partial charge is 0.493 e. The molecule has 0 aliphatic carbocycles. The van der Waals surface area contributed by atoms with Gasteiger partial charge < -0.3 is 10.1 Å². The van der Waals surface area contributed by atoms with Gasteiger partial charge in [0.25, 0.3) is 5.69 Å². The Bertz CT molecular complexity index is 739. The lowest BCUT2D eigenvalue weighted by molar-refractivity contribution is -0.384. The molecule has 0 radical (unpaired) electrons. The number of para-hydroxylation sites is 1. The highest BCUT2D eigenvalue weighted by Gasteiger charge is 2.04. The van der Waals surface area contributed by atoms with Crippen LogP contribution < -0.4 is 10.1 Å². The number of nitro groups is 1. The average Bonchev–Trinajstić information content (AvgIpc) is 2.60. The van der Waals surface area contributed by atoms with Gasteiger partial charge in [-0.05, 0) is 24.6 Å². The molecule has 2 rings (SSSR count). The highest BCUT2D eigenvalue weighted by molar-refractivity contribution is 5.92. The van der Waals surface area contributed by atoms with Crippen molar-refractivity contribution in [2.45, 2.75) is 13.5 Å². The fourth-order valence-electron chi connectivity index (χ4n) is 2.05. The van der Waals surface area contributed by atoms with Crippen molar-refractivity contribution in [2.75, 3.05) is 6.61 Å². The third-order valence-electron chi connectivity index (χ3n) is 3.25. The van der Waals surface area contributed by atoms with E-state index in [4.69, 9.17) is 4.74 Å². The highest BCUT2D eigenvalue weighted by atomic mass is 16.6. The monoisotopic (exact) mass is 326 g/mol. The molecule has 0 saturated carbocycles. The van der Waals surface area contributed by atoms with Gasteiger partial charge in [-0.1, -0.05) is 30.3 Å². The summed E-state index contributed by atoms with van der Waals surface area (Å²) in [6, 6.07) is 13.5. The van der Waals surface area contributed by atoms with Crippen LogP contribution in [-0.4, -0.2) is 17.4 Å². The number of carbonyl (C=O) groups is 1. The summed E-state index contributed by atoms with van der Waals surface area (Å²) in [4.78, 5) is 22.0. The van der Waals surface area contributed by atoms with E-state index in [1.165, 1.54) is 18.2 Å². The van der Waals surface area contributed by atoms with Crippen molar-refractivity contribution in [1.82, 2.24) is 5.32 Å². The molecule has 124 valence electrons. The maximum absolute atomic E-state index is 11.9. The van der Waals surface area contributed by atoms with Gasteiger partial charge in [-0.15, -0.1) is 0 Å². The molecule has 6 heteroatoms. The first-order chi connectivity index (χ1) is 11.6. The van der Waals surface area contributed by atoms with Gasteiger partial charge in [-0.2, -0.15) is 0 Å². The molecule has 0 aliphatic heterocycles. The Morgan fingerprint density at radius 2 is 1.92 bits per heavy atom. The second kappa shape index (κ2) is 8.47.